The highest BCUT2D eigenvalue weighted by Gasteiger charge is 2.12. The molecule has 102 valence electrons. The molecule has 0 spiro atoms. The van der Waals surface area contributed by atoms with Crippen molar-refractivity contribution in [2.24, 2.45) is 5.73 Å². The lowest BCUT2D eigenvalue weighted by Crippen LogP contribution is -2.07. The van der Waals surface area contributed by atoms with E-state index in [4.69, 9.17) is 5.73 Å². The highest BCUT2D eigenvalue weighted by Crippen LogP contribution is 2.28. The lowest BCUT2D eigenvalue weighted by Gasteiger charge is -2.12. The highest BCUT2D eigenvalue weighted by molar-refractivity contribution is 7.99. The fourth-order valence-electron chi connectivity index (χ4n) is 2.30. The molecule has 0 bridgehead atoms. The first-order valence-corrected chi connectivity index (χ1v) is 7.59. The van der Waals surface area contributed by atoms with Gasteiger partial charge in [0, 0.05) is 17.0 Å². The van der Waals surface area contributed by atoms with Crippen LogP contribution in [0, 0.1) is 0 Å². The number of aromatic nitrogens is 3. The van der Waals surface area contributed by atoms with Crippen molar-refractivity contribution in [2.45, 2.75) is 18.4 Å². The molecule has 20 heavy (non-hydrogen) atoms. The molecule has 4 nitrogen and oxygen atoms in total. The summed E-state index contributed by atoms with van der Waals surface area (Å²) in [5.74, 6) is 1.02. The number of rotatable bonds is 4. The van der Waals surface area contributed by atoms with Crippen molar-refractivity contribution in [3.63, 3.8) is 0 Å². The van der Waals surface area contributed by atoms with E-state index in [1.807, 2.05) is 41.1 Å². The van der Waals surface area contributed by atoms with Crippen molar-refractivity contribution in [3.05, 3.63) is 48.0 Å². The zero-order valence-electron chi connectivity index (χ0n) is 11.3. The van der Waals surface area contributed by atoms with Crippen LogP contribution in [0.15, 0.2) is 47.4 Å². The Morgan fingerprint density at radius 3 is 2.80 bits per heavy atom. The predicted octanol–water partition coefficient (Wildman–Crippen LogP) is 2.99. The summed E-state index contributed by atoms with van der Waals surface area (Å²) < 4.78 is 1.87. The van der Waals surface area contributed by atoms with Crippen molar-refractivity contribution in [2.75, 3.05) is 5.75 Å². The van der Waals surface area contributed by atoms with Gasteiger partial charge in [0.1, 0.15) is 5.52 Å². The van der Waals surface area contributed by atoms with E-state index in [0.29, 0.717) is 6.54 Å². The fourth-order valence-corrected chi connectivity index (χ4v) is 3.14. The van der Waals surface area contributed by atoms with Gasteiger partial charge in [-0.25, -0.2) is 4.68 Å². The monoisotopic (exact) mass is 284 g/mol. The Bertz CT molecular complexity index is 736. The number of hydrogen-bond acceptors (Lipinski definition) is 4. The molecule has 3 rings (SSSR count). The van der Waals surface area contributed by atoms with E-state index in [1.54, 1.807) is 11.8 Å². The molecule has 0 aliphatic heterocycles. The molecule has 0 aliphatic rings. The van der Waals surface area contributed by atoms with Gasteiger partial charge in [-0.2, -0.15) is 0 Å². The Morgan fingerprint density at radius 1 is 1.15 bits per heavy atom. The average Bonchev–Trinajstić information content (AvgIpc) is 2.91. The van der Waals surface area contributed by atoms with Crippen LogP contribution in [0.25, 0.3) is 16.7 Å². The first kappa shape index (κ1) is 13.1. The van der Waals surface area contributed by atoms with Crippen LogP contribution >= 0.6 is 11.8 Å². The van der Waals surface area contributed by atoms with Crippen LogP contribution in [-0.4, -0.2) is 20.7 Å². The van der Waals surface area contributed by atoms with E-state index in [1.165, 1.54) is 4.90 Å². The summed E-state index contributed by atoms with van der Waals surface area (Å²) in [7, 11) is 0. The third kappa shape index (κ3) is 2.19. The lowest BCUT2D eigenvalue weighted by molar-refractivity contribution is 0.805. The number of nitrogens with zero attached hydrogens (tertiary/aromatic N) is 3. The van der Waals surface area contributed by atoms with Crippen molar-refractivity contribution in [1.29, 1.82) is 0 Å². The number of para-hydroxylation sites is 1. The van der Waals surface area contributed by atoms with Crippen LogP contribution in [0.1, 0.15) is 12.5 Å². The zero-order valence-corrected chi connectivity index (χ0v) is 12.1. The molecule has 5 heteroatoms. The average molecular weight is 284 g/mol. The molecule has 0 amide bonds. The molecule has 1 heterocycles. The smallest absolute Gasteiger partial charge is 0.113 e. The summed E-state index contributed by atoms with van der Waals surface area (Å²) in [4.78, 5) is 1.21. The second kappa shape index (κ2) is 5.64. The highest BCUT2D eigenvalue weighted by atomic mass is 32.2. The molecule has 3 aromatic rings. The number of benzene rings is 2. The molecular weight excluding hydrogens is 268 g/mol. The zero-order chi connectivity index (χ0) is 13.9. The van der Waals surface area contributed by atoms with Crippen LogP contribution < -0.4 is 5.73 Å². The van der Waals surface area contributed by atoms with Crippen molar-refractivity contribution in [3.8, 4) is 5.69 Å². The molecule has 0 unspecified atom stereocenters. The molecular formula is C15H16N4S. The quantitative estimate of drug-likeness (QED) is 0.748. The molecule has 0 radical (unpaired) electrons. The summed E-state index contributed by atoms with van der Waals surface area (Å²) in [6.45, 7) is 2.63. The molecule has 2 N–H and O–H groups in total. The minimum atomic E-state index is 0.493. The predicted molar refractivity (Wildman–Crippen MR) is 83.2 cm³/mol. The van der Waals surface area contributed by atoms with E-state index < -0.39 is 0 Å². The van der Waals surface area contributed by atoms with Gasteiger partial charge in [-0.05, 0) is 30.0 Å². The number of hydrogen-bond donors (Lipinski definition) is 1. The van der Waals surface area contributed by atoms with Gasteiger partial charge in [0.05, 0.1) is 11.2 Å². The van der Waals surface area contributed by atoms with Crippen LogP contribution in [0.5, 0.6) is 0 Å². The Kier molecular flexibility index (Phi) is 3.71. The summed E-state index contributed by atoms with van der Waals surface area (Å²) in [5, 5.41) is 8.49. The largest absolute Gasteiger partial charge is 0.326 e. The number of nitrogens with two attached hydrogens (primary N) is 1. The maximum absolute atomic E-state index is 5.96. The Hall–Kier alpha value is -1.85. The topological polar surface area (TPSA) is 56.7 Å². The van der Waals surface area contributed by atoms with Crippen LogP contribution in [0.3, 0.4) is 0 Å². The first-order chi connectivity index (χ1) is 9.85. The summed E-state index contributed by atoms with van der Waals surface area (Å²) in [6, 6.07) is 14.1. The molecule has 0 fully saturated rings. The van der Waals surface area contributed by atoms with Gasteiger partial charge in [0.15, 0.2) is 0 Å². The van der Waals surface area contributed by atoms with Crippen molar-refractivity contribution < 1.29 is 0 Å². The van der Waals surface area contributed by atoms with Crippen LogP contribution in [-0.2, 0) is 6.54 Å². The van der Waals surface area contributed by atoms with Gasteiger partial charge in [-0.3, -0.25) is 0 Å². The van der Waals surface area contributed by atoms with E-state index in [-0.39, 0.29) is 0 Å². The van der Waals surface area contributed by atoms with E-state index in [9.17, 15) is 0 Å². The minimum absolute atomic E-state index is 0.493. The van der Waals surface area contributed by atoms with Gasteiger partial charge >= 0.3 is 0 Å². The first-order valence-electron chi connectivity index (χ1n) is 6.60. The van der Waals surface area contributed by atoms with Gasteiger partial charge in [0.2, 0.25) is 0 Å². The maximum atomic E-state index is 5.96. The summed E-state index contributed by atoms with van der Waals surface area (Å²) >= 11 is 1.80. The van der Waals surface area contributed by atoms with Gasteiger partial charge in [0.25, 0.3) is 0 Å². The maximum Gasteiger partial charge on any atom is 0.113 e. The van der Waals surface area contributed by atoms with Gasteiger partial charge in [-0.15, -0.1) is 16.9 Å². The molecule has 0 saturated carbocycles. The Labute approximate surface area is 122 Å². The van der Waals surface area contributed by atoms with Crippen LogP contribution in [0.4, 0.5) is 0 Å². The SMILES string of the molecule is CCSc1cccc(-n2nnc3ccccc32)c1CN. The second-order valence-electron chi connectivity index (χ2n) is 4.38. The van der Waals surface area contributed by atoms with Gasteiger partial charge in [-0.1, -0.05) is 30.3 Å². The summed E-state index contributed by atoms with van der Waals surface area (Å²) in [5.41, 5.74) is 9.98. The van der Waals surface area contributed by atoms with Gasteiger partial charge < -0.3 is 5.73 Å². The summed E-state index contributed by atoms with van der Waals surface area (Å²) in [6.07, 6.45) is 0. The van der Waals surface area contributed by atoms with E-state index in [0.717, 1.165) is 28.0 Å². The third-order valence-corrected chi connectivity index (χ3v) is 4.17. The Morgan fingerprint density at radius 2 is 2.00 bits per heavy atom. The Balaban J connectivity index is 2.21. The van der Waals surface area contributed by atoms with Crippen LogP contribution in [0.2, 0.25) is 0 Å². The van der Waals surface area contributed by atoms with Crippen molar-refractivity contribution >= 4 is 22.8 Å². The molecule has 1 aromatic heterocycles. The second-order valence-corrected chi connectivity index (χ2v) is 5.69. The number of fused-ring (bicyclic) bond motifs is 1. The number of thioether (sulfide) groups is 1. The van der Waals surface area contributed by atoms with E-state index in [2.05, 4.69) is 23.3 Å². The fraction of sp³-hybridized carbons (Fsp3) is 0.200. The standard InChI is InChI=1S/C15H16N4S/c1-2-20-15-9-5-8-13(11(15)10-16)19-14-7-4-3-6-12(14)17-18-19/h3-9H,2,10,16H2,1H3. The molecule has 2 aromatic carbocycles. The molecule has 0 aliphatic carbocycles. The lowest BCUT2D eigenvalue weighted by atomic mass is 10.1. The minimum Gasteiger partial charge on any atom is -0.326 e. The van der Waals surface area contributed by atoms with E-state index >= 15 is 0 Å². The molecule has 0 atom stereocenters. The third-order valence-electron chi connectivity index (χ3n) is 3.19. The normalized spacial score (nSPS) is 11.1. The van der Waals surface area contributed by atoms with Crippen molar-refractivity contribution in [1.82, 2.24) is 15.0 Å². The molecule has 0 saturated heterocycles.